The van der Waals surface area contributed by atoms with Crippen LogP contribution in [0.4, 0.5) is 10.2 Å². The molecule has 27 heavy (non-hydrogen) atoms. The van der Waals surface area contributed by atoms with Gasteiger partial charge in [-0.05, 0) is 38.2 Å². The number of nitrogens with two attached hydrogens (primary N) is 1. The van der Waals surface area contributed by atoms with Gasteiger partial charge < -0.3 is 15.7 Å². The first-order valence-corrected chi connectivity index (χ1v) is 9.44. The van der Waals surface area contributed by atoms with Crippen molar-refractivity contribution in [1.29, 1.82) is 0 Å². The van der Waals surface area contributed by atoms with Crippen LogP contribution >= 0.6 is 11.6 Å². The topological polar surface area (TPSA) is 88.2 Å². The van der Waals surface area contributed by atoms with Gasteiger partial charge in [-0.1, -0.05) is 18.5 Å². The molecule has 1 aliphatic rings. The third-order valence-corrected chi connectivity index (χ3v) is 6.04. The molecule has 2 aromatic heterocycles. The molecule has 146 valence electrons. The molecule has 0 spiro atoms. The number of aliphatic hydroxyl groups is 1. The molecule has 3 N–H and O–H groups in total. The lowest BCUT2D eigenvalue weighted by Gasteiger charge is -2.42. The third-order valence-electron chi connectivity index (χ3n) is 5.68. The quantitative estimate of drug-likeness (QED) is 0.776. The molecule has 0 aromatic carbocycles. The van der Waals surface area contributed by atoms with Crippen molar-refractivity contribution in [2.75, 3.05) is 18.0 Å². The first kappa shape index (κ1) is 19.9. The van der Waals surface area contributed by atoms with Crippen molar-refractivity contribution in [2.24, 2.45) is 11.1 Å². The van der Waals surface area contributed by atoms with Gasteiger partial charge in [-0.2, -0.15) is 4.39 Å². The number of aromatic nitrogens is 3. The van der Waals surface area contributed by atoms with Crippen LogP contribution in [0.2, 0.25) is 5.02 Å². The van der Waals surface area contributed by atoms with Gasteiger partial charge in [-0.3, -0.25) is 0 Å². The molecule has 1 atom stereocenters. The van der Waals surface area contributed by atoms with Crippen LogP contribution in [0, 0.1) is 18.3 Å². The molecular weight excluding hydrogens is 369 g/mol. The maximum Gasteiger partial charge on any atom is 0.232 e. The molecule has 1 saturated heterocycles. The van der Waals surface area contributed by atoms with E-state index in [1.54, 1.807) is 13.0 Å². The highest BCUT2D eigenvalue weighted by molar-refractivity contribution is 6.33. The number of anilines is 1. The molecule has 3 rings (SSSR count). The SMILES string of the molecule is Cc1nc(N2CCC(C)([C@@H](C)N)CC2)c(CO)nc1-c1ccnc(F)c1Cl. The molecule has 2 aromatic rings. The largest absolute Gasteiger partial charge is 0.390 e. The molecule has 0 saturated carbocycles. The number of aryl methyl sites for hydroxylation is 1. The highest BCUT2D eigenvalue weighted by Crippen LogP contribution is 2.36. The highest BCUT2D eigenvalue weighted by atomic mass is 35.5. The van der Waals surface area contributed by atoms with E-state index in [4.69, 9.17) is 17.3 Å². The lowest BCUT2D eigenvalue weighted by Crippen LogP contribution is -2.47. The molecule has 0 unspecified atom stereocenters. The molecule has 8 heteroatoms. The normalized spacial score (nSPS) is 17.8. The van der Waals surface area contributed by atoms with E-state index in [1.807, 2.05) is 6.92 Å². The summed E-state index contributed by atoms with van der Waals surface area (Å²) in [5.74, 6) is -0.0904. The molecule has 0 aliphatic carbocycles. The third kappa shape index (κ3) is 3.77. The first-order chi connectivity index (χ1) is 12.8. The Labute approximate surface area is 163 Å². The summed E-state index contributed by atoms with van der Waals surface area (Å²) < 4.78 is 13.7. The number of piperidine rings is 1. The molecule has 1 fully saturated rings. The Morgan fingerprint density at radius 1 is 1.37 bits per heavy atom. The minimum atomic E-state index is -0.754. The van der Waals surface area contributed by atoms with Crippen LogP contribution in [-0.2, 0) is 6.61 Å². The van der Waals surface area contributed by atoms with Crippen LogP contribution in [0.5, 0.6) is 0 Å². The van der Waals surface area contributed by atoms with Gasteiger partial charge in [0.2, 0.25) is 5.95 Å². The van der Waals surface area contributed by atoms with E-state index in [0.717, 1.165) is 25.9 Å². The van der Waals surface area contributed by atoms with Crippen LogP contribution in [0.25, 0.3) is 11.3 Å². The van der Waals surface area contributed by atoms with Crippen molar-refractivity contribution < 1.29 is 9.50 Å². The monoisotopic (exact) mass is 393 g/mol. The van der Waals surface area contributed by atoms with Gasteiger partial charge >= 0.3 is 0 Å². The van der Waals surface area contributed by atoms with Crippen LogP contribution in [0.15, 0.2) is 12.3 Å². The first-order valence-electron chi connectivity index (χ1n) is 9.06. The van der Waals surface area contributed by atoms with E-state index < -0.39 is 5.95 Å². The summed E-state index contributed by atoms with van der Waals surface area (Å²) in [4.78, 5) is 14.9. The molecule has 0 amide bonds. The van der Waals surface area contributed by atoms with E-state index in [-0.39, 0.29) is 23.1 Å². The van der Waals surface area contributed by atoms with E-state index in [2.05, 4.69) is 26.8 Å². The molecular formula is C19H25ClFN5O. The van der Waals surface area contributed by atoms with Gasteiger partial charge in [0, 0.05) is 30.9 Å². The molecule has 0 radical (unpaired) electrons. The number of pyridine rings is 1. The van der Waals surface area contributed by atoms with E-state index in [0.29, 0.717) is 28.5 Å². The second-order valence-electron chi connectivity index (χ2n) is 7.48. The number of nitrogens with zero attached hydrogens (tertiary/aromatic N) is 4. The Balaban J connectivity index is 1.95. The Bertz CT molecular complexity index is 837. The Kier molecular flexibility index (Phi) is 5.65. The highest BCUT2D eigenvalue weighted by Gasteiger charge is 2.34. The van der Waals surface area contributed by atoms with Crippen LogP contribution < -0.4 is 10.6 Å². The summed E-state index contributed by atoms with van der Waals surface area (Å²) in [6.45, 7) is 7.39. The maximum absolute atomic E-state index is 13.7. The summed E-state index contributed by atoms with van der Waals surface area (Å²) in [5, 5.41) is 9.76. The van der Waals surface area contributed by atoms with Crippen molar-refractivity contribution in [1.82, 2.24) is 15.0 Å². The Morgan fingerprint density at radius 2 is 2.04 bits per heavy atom. The minimum absolute atomic E-state index is 0.0976. The maximum atomic E-state index is 13.7. The fraction of sp³-hybridized carbons (Fsp3) is 0.526. The zero-order valence-corrected chi connectivity index (χ0v) is 16.6. The van der Waals surface area contributed by atoms with Gasteiger partial charge in [0.1, 0.15) is 10.7 Å². The van der Waals surface area contributed by atoms with Gasteiger partial charge in [-0.15, -0.1) is 0 Å². The summed E-state index contributed by atoms with van der Waals surface area (Å²) in [6.07, 6.45) is 3.22. The predicted molar refractivity (Wildman–Crippen MR) is 104 cm³/mol. The fourth-order valence-electron chi connectivity index (χ4n) is 3.44. The van der Waals surface area contributed by atoms with Crippen molar-refractivity contribution in [3.05, 3.63) is 34.6 Å². The lowest BCUT2D eigenvalue weighted by atomic mass is 9.75. The average molecular weight is 394 g/mol. The predicted octanol–water partition coefficient (Wildman–Crippen LogP) is 3.09. The number of aliphatic hydroxyl groups excluding tert-OH is 1. The van der Waals surface area contributed by atoms with Gasteiger partial charge in [0.15, 0.2) is 5.82 Å². The lowest BCUT2D eigenvalue weighted by molar-refractivity contribution is 0.204. The molecule has 6 nitrogen and oxygen atoms in total. The zero-order chi connectivity index (χ0) is 19.8. The molecule has 3 heterocycles. The smallest absolute Gasteiger partial charge is 0.232 e. The van der Waals surface area contributed by atoms with Crippen LogP contribution in [0.1, 0.15) is 38.1 Å². The number of hydrogen-bond donors (Lipinski definition) is 2. The number of halogens is 2. The van der Waals surface area contributed by atoms with Gasteiger partial charge in [-0.25, -0.2) is 15.0 Å². The zero-order valence-electron chi connectivity index (χ0n) is 15.8. The van der Waals surface area contributed by atoms with E-state index in [1.165, 1.54) is 6.20 Å². The van der Waals surface area contributed by atoms with Crippen LogP contribution in [-0.4, -0.2) is 39.2 Å². The Morgan fingerprint density at radius 3 is 2.63 bits per heavy atom. The van der Waals surface area contributed by atoms with Crippen molar-refractivity contribution in [3.8, 4) is 11.3 Å². The number of hydrogen-bond acceptors (Lipinski definition) is 6. The van der Waals surface area contributed by atoms with E-state index >= 15 is 0 Å². The fourth-order valence-corrected chi connectivity index (χ4v) is 3.64. The summed E-state index contributed by atoms with van der Waals surface area (Å²) >= 11 is 6.05. The number of rotatable bonds is 4. The molecule has 1 aliphatic heterocycles. The van der Waals surface area contributed by atoms with Gasteiger partial charge in [0.25, 0.3) is 0 Å². The summed E-state index contributed by atoms with van der Waals surface area (Å²) in [7, 11) is 0. The van der Waals surface area contributed by atoms with Gasteiger partial charge in [0.05, 0.1) is 18.0 Å². The van der Waals surface area contributed by atoms with Crippen molar-refractivity contribution >= 4 is 17.4 Å². The summed E-state index contributed by atoms with van der Waals surface area (Å²) in [6, 6.07) is 1.72. The minimum Gasteiger partial charge on any atom is -0.390 e. The molecule has 0 bridgehead atoms. The second-order valence-corrected chi connectivity index (χ2v) is 7.86. The summed E-state index contributed by atoms with van der Waals surface area (Å²) in [5.41, 5.74) is 8.18. The average Bonchev–Trinajstić information content (AvgIpc) is 2.64. The van der Waals surface area contributed by atoms with Crippen molar-refractivity contribution in [3.63, 3.8) is 0 Å². The van der Waals surface area contributed by atoms with Crippen molar-refractivity contribution in [2.45, 2.75) is 46.3 Å². The Hall–Kier alpha value is -1.83. The van der Waals surface area contributed by atoms with Crippen LogP contribution in [0.3, 0.4) is 0 Å². The van der Waals surface area contributed by atoms with E-state index in [9.17, 15) is 9.50 Å². The standard InChI is InChI=1S/C19H25ClFN5O/c1-11-16(13-4-7-23-17(21)15(13)20)25-14(10-27)18(24-11)26-8-5-19(3,6-9-26)12(2)22/h4,7,12,27H,5-6,8-10,22H2,1-3H3/t12-/m1/s1. The second kappa shape index (κ2) is 7.66.